The molecule has 0 saturated carbocycles. The first-order valence-corrected chi connectivity index (χ1v) is 9.93. The summed E-state index contributed by atoms with van der Waals surface area (Å²) in [4.78, 5) is 20.3. The number of carbonyl (C=O) groups is 1. The topological polar surface area (TPSA) is 56.0 Å². The molecule has 1 spiro atoms. The molecule has 0 atom stereocenters. The van der Waals surface area contributed by atoms with E-state index >= 15 is 0 Å². The third kappa shape index (κ3) is 2.26. The Hall–Kier alpha value is -2.41. The van der Waals surface area contributed by atoms with Gasteiger partial charge in [-0.2, -0.15) is 5.10 Å². The molecule has 5 heterocycles. The van der Waals surface area contributed by atoms with E-state index in [2.05, 4.69) is 9.67 Å². The van der Waals surface area contributed by atoms with Crippen molar-refractivity contribution in [3.8, 4) is 11.4 Å². The smallest absolute Gasteiger partial charge is 0.263 e. The average Bonchev–Trinajstić information content (AvgIpc) is 3.42. The van der Waals surface area contributed by atoms with E-state index < -0.39 is 0 Å². The number of amides is 1. The van der Waals surface area contributed by atoms with E-state index in [1.165, 1.54) is 17.2 Å². The Morgan fingerprint density at radius 1 is 1.15 bits per heavy atom. The van der Waals surface area contributed by atoms with Crippen molar-refractivity contribution in [1.29, 1.82) is 0 Å². The van der Waals surface area contributed by atoms with Crippen LogP contribution in [-0.4, -0.2) is 43.2 Å². The van der Waals surface area contributed by atoms with Crippen LogP contribution in [0.3, 0.4) is 0 Å². The molecule has 6 nitrogen and oxygen atoms in total. The highest BCUT2D eigenvalue weighted by atomic mass is 32.1. The number of carbonyl (C=O) groups excluding carboxylic acids is 1. The van der Waals surface area contributed by atoms with Crippen molar-refractivity contribution in [3.05, 3.63) is 46.7 Å². The Kier molecular flexibility index (Phi) is 3.53. The molecule has 5 rings (SSSR count). The lowest BCUT2D eigenvalue weighted by molar-refractivity contribution is 0.0668. The number of hydrogen-bond acceptors (Lipinski definition) is 4. The fourth-order valence-electron chi connectivity index (χ4n) is 4.46. The van der Waals surface area contributed by atoms with Crippen LogP contribution < -0.4 is 0 Å². The van der Waals surface area contributed by atoms with Crippen LogP contribution in [0.15, 0.2) is 36.0 Å². The van der Waals surface area contributed by atoms with Crippen LogP contribution in [0.25, 0.3) is 11.4 Å². The fraction of sp³-hybridized carbons (Fsp3) is 0.421. The van der Waals surface area contributed by atoms with Gasteiger partial charge in [-0.15, -0.1) is 11.3 Å². The number of thiophene rings is 1. The second-order valence-corrected chi connectivity index (χ2v) is 8.21. The lowest BCUT2D eigenvalue weighted by Crippen LogP contribution is -2.44. The van der Waals surface area contributed by atoms with E-state index in [1.807, 2.05) is 52.6 Å². The molecule has 7 heteroatoms. The summed E-state index contributed by atoms with van der Waals surface area (Å²) < 4.78 is 4.26. The van der Waals surface area contributed by atoms with Gasteiger partial charge in [0.25, 0.3) is 5.91 Å². The molecule has 0 aliphatic carbocycles. The standard InChI is InChI=1S/C19H21N5OS/c1-22-14(4-8-21-22)15-13-20-18-19(7-11-24(15)18)5-9-23(10-6-19)17(25)16-3-2-12-26-16/h2-4,8,12-13H,5-7,9-11H2,1H3. The highest BCUT2D eigenvalue weighted by Crippen LogP contribution is 2.44. The minimum absolute atomic E-state index is 0.114. The first-order chi connectivity index (χ1) is 12.7. The van der Waals surface area contributed by atoms with E-state index in [4.69, 9.17) is 4.98 Å². The summed E-state index contributed by atoms with van der Waals surface area (Å²) in [6.07, 6.45) is 6.91. The Morgan fingerprint density at radius 3 is 2.65 bits per heavy atom. The Bertz CT molecular complexity index is 947. The van der Waals surface area contributed by atoms with Gasteiger partial charge in [-0.05, 0) is 36.8 Å². The number of aromatic nitrogens is 4. The molecule has 3 aromatic rings. The quantitative estimate of drug-likeness (QED) is 0.700. The normalized spacial score (nSPS) is 18.4. The third-order valence-corrected chi connectivity index (χ3v) is 6.82. The lowest BCUT2D eigenvalue weighted by Gasteiger charge is -2.38. The van der Waals surface area contributed by atoms with Crippen LogP contribution in [0, 0.1) is 0 Å². The number of imidazole rings is 1. The monoisotopic (exact) mass is 367 g/mol. The van der Waals surface area contributed by atoms with Crippen molar-refractivity contribution < 1.29 is 4.79 Å². The zero-order chi connectivity index (χ0) is 17.7. The summed E-state index contributed by atoms with van der Waals surface area (Å²) in [5.41, 5.74) is 2.36. The fourth-order valence-corrected chi connectivity index (χ4v) is 5.15. The highest BCUT2D eigenvalue weighted by molar-refractivity contribution is 7.12. The van der Waals surface area contributed by atoms with Gasteiger partial charge in [-0.25, -0.2) is 4.98 Å². The van der Waals surface area contributed by atoms with Crippen LogP contribution in [0.5, 0.6) is 0 Å². The number of nitrogens with zero attached hydrogens (tertiary/aromatic N) is 5. The van der Waals surface area contributed by atoms with Gasteiger partial charge >= 0.3 is 0 Å². The number of aryl methyl sites for hydroxylation is 1. The number of fused-ring (bicyclic) bond motifs is 2. The minimum atomic E-state index is 0.114. The molecule has 0 N–H and O–H groups in total. The zero-order valence-corrected chi connectivity index (χ0v) is 15.6. The molecule has 0 unspecified atom stereocenters. The van der Waals surface area contributed by atoms with Crippen LogP contribution in [0.1, 0.15) is 34.8 Å². The molecule has 1 fully saturated rings. The van der Waals surface area contributed by atoms with Crippen LogP contribution in [-0.2, 0) is 19.0 Å². The second-order valence-electron chi connectivity index (χ2n) is 7.26. The summed E-state index contributed by atoms with van der Waals surface area (Å²) in [5.74, 6) is 1.36. The maximum Gasteiger partial charge on any atom is 0.263 e. The molecule has 1 saturated heterocycles. The Balaban J connectivity index is 1.38. The molecule has 134 valence electrons. The first-order valence-electron chi connectivity index (χ1n) is 9.05. The van der Waals surface area contributed by atoms with Gasteiger partial charge in [-0.1, -0.05) is 6.07 Å². The minimum Gasteiger partial charge on any atom is -0.338 e. The summed E-state index contributed by atoms with van der Waals surface area (Å²) in [6.45, 7) is 2.62. The van der Waals surface area contributed by atoms with Gasteiger partial charge in [0, 0.05) is 38.3 Å². The largest absolute Gasteiger partial charge is 0.338 e. The molecule has 3 aromatic heterocycles. The Morgan fingerprint density at radius 2 is 1.96 bits per heavy atom. The SMILES string of the molecule is Cn1nccc1-c1cnc2n1CCC21CCN(C(=O)c2cccs2)CC1. The first kappa shape index (κ1) is 15.8. The van der Waals surface area contributed by atoms with Crippen molar-refractivity contribution in [2.75, 3.05) is 13.1 Å². The molecular weight excluding hydrogens is 346 g/mol. The summed E-state index contributed by atoms with van der Waals surface area (Å²) in [7, 11) is 1.97. The predicted octanol–water partition coefficient (Wildman–Crippen LogP) is 2.92. The van der Waals surface area contributed by atoms with Crippen molar-refractivity contribution in [3.63, 3.8) is 0 Å². The third-order valence-electron chi connectivity index (χ3n) is 5.97. The molecule has 0 aromatic carbocycles. The molecule has 1 amide bonds. The van der Waals surface area contributed by atoms with Crippen LogP contribution in [0.2, 0.25) is 0 Å². The van der Waals surface area contributed by atoms with Crippen LogP contribution >= 0.6 is 11.3 Å². The number of likely N-dealkylation sites (tertiary alicyclic amines) is 1. The molecule has 2 aliphatic heterocycles. The van der Waals surface area contributed by atoms with Gasteiger partial charge in [0.1, 0.15) is 5.82 Å². The molecule has 0 bridgehead atoms. The van der Waals surface area contributed by atoms with Gasteiger partial charge in [-0.3, -0.25) is 9.48 Å². The van der Waals surface area contributed by atoms with E-state index in [1.54, 1.807) is 0 Å². The van der Waals surface area contributed by atoms with Crippen LogP contribution in [0.4, 0.5) is 0 Å². The van der Waals surface area contributed by atoms with E-state index in [0.29, 0.717) is 0 Å². The molecule has 0 radical (unpaired) electrons. The Labute approximate surface area is 156 Å². The lowest BCUT2D eigenvalue weighted by atomic mass is 9.76. The summed E-state index contributed by atoms with van der Waals surface area (Å²) >= 11 is 1.52. The van der Waals surface area contributed by atoms with Gasteiger partial charge < -0.3 is 9.47 Å². The summed E-state index contributed by atoms with van der Waals surface area (Å²) in [6, 6.07) is 5.90. The van der Waals surface area contributed by atoms with E-state index in [-0.39, 0.29) is 11.3 Å². The van der Waals surface area contributed by atoms with Crippen molar-refractivity contribution in [2.24, 2.45) is 7.05 Å². The van der Waals surface area contributed by atoms with E-state index in [9.17, 15) is 4.79 Å². The molecular formula is C19H21N5OS. The number of rotatable bonds is 2. The maximum absolute atomic E-state index is 12.6. The van der Waals surface area contributed by atoms with Crippen molar-refractivity contribution in [2.45, 2.75) is 31.2 Å². The second kappa shape index (κ2) is 5.81. The van der Waals surface area contributed by atoms with Gasteiger partial charge in [0.05, 0.1) is 22.5 Å². The predicted molar refractivity (Wildman–Crippen MR) is 100 cm³/mol. The van der Waals surface area contributed by atoms with Crippen molar-refractivity contribution in [1.82, 2.24) is 24.2 Å². The molecule has 26 heavy (non-hydrogen) atoms. The zero-order valence-electron chi connectivity index (χ0n) is 14.8. The number of piperidine rings is 1. The van der Waals surface area contributed by atoms with Gasteiger partial charge in [0.2, 0.25) is 0 Å². The number of hydrogen-bond donors (Lipinski definition) is 0. The maximum atomic E-state index is 12.6. The average molecular weight is 367 g/mol. The molecule has 2 aliphatic rings. The summed E-state index contributed by atoms with van der Waals surface area (Å²) in [5, 5.41) is 6.25. The highest BCUT2D eigenvalue weighted by Gasteiger charge is 2.44. The van der Waals surface area contributed by atoms with Crippen molar-refractivity contribution >= 4 is 17.2 Å². The van der Waals surface area contributed by atoms with E-state index in [0.717, 1.165) is 55.2 Å². The van der Waals surface area contributed by atoms with Gasteiger partial charge in [0.15, 0.2) is 0 Å².